The number of alkyl halides is 1. The molecule has 0 heterocycles. The standard InChI is InChI=1S/C5H12BrN.BrH/c1-5(4-6)2-3-7;/h5H,2-4,7H2,1H3;1H. The molecule has 0 bridgehead atoms. The largest absolute Gasteiger partial charge is 0.330 e. The lowest BCUT2D eigenvalue weighted by molar-refractivity contribution is 0.609. The summed E-state index contributed by atoms with van der Waals surface area (Å²) in [6, 6.07) is 0. The summed E-state index contributed by atoms with van der Waals surface area (Å²) < 4.78 is 0. The molecule has 1 nitrogen and oxygen atoms in total. The number of hydrogen-bond acceptors (Lipinski definition) is 1. The zero-order valence-corrected chi connectivity index (χ0v) is 8.36. The molecular formula is C5H13Br2N. The van der Waals surface area contributed by atoms with Gasteiger partial charge >= 0.3 is 0 Å². The van der Waals surface area contributed by atoms with Crippen molar-refractivity contribution in [3.63, 3.8) is 0 Å². The van der Waals surface area contributed by atoms with Gasteiger partial charge in [-0.25, -0.2) is 0 Å². The maximum absolute atomic E-state index is 5.28. The third-order valence-electron chi connectivity index (χ3n) is 0.923. The molecular weight excluding hydrogens is 234 g/mol. The molecule has 0 aliphatic heterocycles. The van der Waals surface area contributed by atoms with Gasteiger partial charge in [-0.2, -0.15) is 0 Å². The maximum Gasteiger partial charge on any atom is 0.00575 e. The fraction of sp³-hybridized carbons (Fsp3) is 1.00. The number of hydrogen-bond donors (Lipinski definition) is 1. The molecule has 0 aromatic carbocycles. The van der Waals surface area contributed by atoms with Gasteiger partial charge < -0.3 is 5.73 Å². The van der Waals surface area contributed by atoms with E-state index in [0.717, 1.165) is 24.2 Å². The van der Waals surface area contributed by atoms with Crippen LogP contribution in [0.4, 0.5) is 0 Å². The van der Waals surface area contributed by atoms with Crippen molar-refractivity contribution in [1.29, 1.82) is 0 Å². The lowest BCUT2D eigenvalue weighted by Gasteiger charge is -2.01. The van der Waals surface area contributed by atoms with Crippen LogP contribution in [0.3, 0.4) is 0 Å². The quantitative estimate of drug-likeness (QED) is 0.757. The minimum absolute atomic E-state index is 0. The highest BCUT2D eigenvalue weighted by Gasteiger charge is 1.94. The number of nitrogens with two attached hydrogens (primary N) is 1. The van der Waals surface area contributed by atoms with E-state index in [-0.39, 0.29) is 17.0 Å². The SMILES string of the molecule is Br.CC(CBr)CCN. The van der Waals surface area contributed by atoms with Gasteiger partial charge in [-0.15, -0.1) is 17.0 Å². The zero-order chi connectivity index (χ0) is 5.70. The third-order valence-corrected chi connectivity index (χ3v) is 2.03. The topological polar surface area (TPSA) is 26.0 Å². The molecule has 0 radical (unpaired) electrons. The van der Waals surface area contributed by atoms with Gasteiger partial charge in [0.25, 0.3) is 0 Å². The molecule has 0 saturated heterocycles. The third kappa shape index (κ3) is 6.92. The van der Waals surface area contributed by atoms with E-state index in [0.29, 0.717) is 0 Å². The van der Waals surface area contributed by atoms with E-state index < -0.39 is 0 Å². The molecule has 2 N–H and O–H groups in total. The second-order valence-electron chi connectivity index (χ2n) is 1.84. The Bertz CT molecular complexity index is 41.4. The molecule has 0 fully saturated rings. The van der Waals surface area contributed by atoms with E-state index in [9.17, 15) is 0 Å². The Balaban J connectivity index is 0. The predicted octanol–water partition coefficient (Wildman–Crippen LogP) is 1.94. The Morgan fingerprint density at radius 3 is 2.25 bits per heavy atom. The van der Waals surface area contributed by atoms with Crippen LogP contribution in [0.5, 0.6) is 0 Å². The van der Waals surface area contributed by atoms with E-state index >= 15 is 0 Å². The van der Waals surface area contributed by atoms with Crippen molar-refractivity contribution < 1.29 is 0 Å². The summed E-state index contributed by atoms with van der Waals surface area (Å²) in [7, 11) is 0. The number of halogens is 2. The molecule has 1 unspecified atom stereocenters. The first-order valence-corrected chi connectivity index (χ1v) is 3.69. The Morgan fingerprint density at radius 2 is 2.12 bits per heavy atom. The molecule has 0 amide bonds. The van der Waals surface area contributed by atoms with Crippen LogP contribution in [0.1, 0.15) is 13.3 Å². The molecule has 3 heteroatoms. The van der Waals surface area contributed by atoms with Gasteiger partial charge in [0.15, 0.2) is 0 Å². The highest BCUT2D eigenvalue weighted by molar-refractivity contribution is 9.09. The lowest BCUT2D eigenvalue weighted by Crippen LogP contribution is -2.05. The van der Waals surface area contributed by atoms with Crippen LogP contribution in [-0.2, 0) is 0 Å². The first-order chi connectivity index (χ1) is 3.31. The molecule has 52 valence electrons. The van der Waals surface area contributed by atoms with E-state index in [1.807, 2.05) is 0 Å². The van der Waals surface area contributed by atoms with Crippen molar-refractivity contribution in [3.05, 3.63) is 0 Å². The Hall–Kier alpha value is 0.920. The van der Waals surface area contributed by atoms with Crippen molar-refractivity contribution in [2.45, 2.75) is 13.3 Å². The smallest absolute Gasteiger partial charge is 0.00575 e. The fourth-order valence-electron chi connectivity index (χ4n) is 0.362. The Labute approximate surface area is 69.9 Å². The van der Waals surface area contributed by atoms with E-state index in [2.05, 4.69) is 22.9 Å². The summed E-state index contributed by atoms with van der Waals surface area (Å²) in [5.74, 6) is 0.741. The first-order valence-electron chi connectivity index (χ1n) is 2.57. The van der Waals surface area contributed by atoms with Crippen LogP contribution in [-0.4, -0.2) is 11.9 Å². The lowest BCUT2D eigenvalue weighted by atomic mass is 10.1. The van der Waals surface area contributed by atoms with Gasteiger partial charge in [-0.3, -0.25) is 0 Å². The minimum atomic E-state index is 0. The second kappa shape index (κ2) is 7.92. The molecule has 0 rings (SSSR count). The van der Waals surface area contributed by atoms with E-state index in [1.165, 1.54) is 0 Å². The summed E-state index contributed by atoms with van der Waals surface area (Å²) >= 11 is 3.36. The van der Waals surface area contributed by atoms with Crippen LogP contribution in [0.25, 0.3) is 0 Å². The Morgan fingerprint density at radius 1 is 1.62 bits per heavy atom. The van der Waals surface area contributed by atoms with Crippen molar-refractivity contribution >= 4 is 32.9 Å². The van der Waals surface area contributed by atoms with Gasteiger partial charge in [0, 0.05) is 5.33 Å². The molecule has 1 atom stereocenters. The normalized spacial score (nSPS) is 12.4. The zero-order valence-electron chi connectivity index (χ0n) is 5.06. The van der Waals surface area contributed by atoms with Crippen molar-refractivity contribution in [1.82, 2.24) is 0 Å². The average Bonchev–Trinajstić information content (AvgIpc) is 1.68. The highest BCUT2D eigenvalue weighted by atomic mass is 79.9. The fourth-order valence-corrected chi connectivity index (χ4v) is 0.685. The van der Waals surface area contributed by atoms with E-state index in [4.69, 9.17) is 5.73 Å². The van der Waals surface area contributed by atoms with Crippen LogP contribution in [0.2, 0.25) is 0 Å². The summed E-state index contributed by atoms with van der Waals surface area (Å²) in [4.78, 5) is 0. The number of rotatable bonds is 3. The molecule has 0 saturated carbocycles. The monoisotopic (exact) mass is 245 g/mol. The van der Waals surface area contributed by atoms with Gasteiger partial charge in [-0.05, 0) is 18.9 Å². The van der Waals surface area contributed by atoms with Gasteiger partial charge in [0.2, 0.25) is 0 Å². The molecule has 0 spiro atoms. The van der Waals surface area contributed by atoms with Crippen molar-refractivity contribution in [2.75, 3.05) is 11.9 Å². The molecule has 0 aromatic rings. The van der Waals surface area contributed by atoms with Crippen LogP contribution in [0, 0.1) is 5.92 Å². The maximum atomic E-state index is 5.28. The average molecular weight is 247 g/mol. The van der Waals surface area contributed by atoms with Gasteiger partial charge in [0.1, 0.15) is 0 Å². The second-order valence-corrected chi connectivity index (χ2v) is 2.48. The Kier molecular flexibility index (Phi) is 11.6. The molecule has 8 heavy (non-hydrogen) atoms. The highest BCUT2D eigenvalue weighted by Crippen LogP contribution is 2.02. The van der Waals surface area contributed by atoms with Crippen molar-refractivity contribution in [2.24, 2.45) is 11.7 Å². The van der Waals surface area contributed by atoms with Crippen LogP contribution < -0.4 is 5.73 Å². The minimum Gasteiger partial charge on any atom is -0.330 e. The summed E-state index contributed by atoms with van der Waals surface area (Å²) in [6.07, 6.45) is 1.13. The summed E-state index contributed by atoms with van der Waals surface area (Å²) in [6.45, 7) is 2.99. The predicted molar refractivity (Wildman–Crippen MR) is 47.0 cm³/mol. The van der Waals surface area contributed by atoms with E-state index in [1.54, 1.807) is 0 Å². The first kappa shape index (κ1) is 11.7. The van der Waals surface area contributed by atoms with Gasteiger partial charge in [-0.1, -0.05) is 22.9 Å². The molecule has 0 aliphatic rings. The van der Waals surface area contributed by atoms with Gasteiger partial charge in [0.05, 0.1) is 0 Å². The van der Waals surface area contributed by atoms with Crippen molar-refractivity contribution in [3.8, 4) is 0 Å². The summed E-state index contributed by atoms with van der Waals surface area (Å²) in [5.41, 5.74) is 5.28. The van der Waals surface area contributed by atoms with Crippen LogP contribution >= 0.6 is 32.9 Å². The molecule has 0 aromatic heterocycles. The summed E-state index contributed by atoms with van der Waals surface area (Å²) in [5, 5.41) is 1.07. The molecule has 0 aliphatic carbocycles. The van der Waals surface area contributed by atoms with Crippen LogP contribution in [0.15, 0.2) is 0 Å².